The van der Waals surface area contributed by atoms with Crippen LogP contribution in [0, 0.1) is 5.82 Å². The summed E-state index contributed by atoms with van der Waals surface area (Å²) < 4.78 is 14.0. The van der Waals surface area contributed by atoms with E-state index in [4.69, 9.17) is 5.11 Å². The van der Waals surface area contributed by atoms with Crippen molar-refractivity contribution in [2.75, 3.05) is 18.5 Å². The highest BCUT2D eigenvalue weighted by Gasteiger charge is 2.10. The van der Waals surface area contributed by atoms with E-state index in [2.05, 4.69) is 20.9 Å². The Kier molecular flexibility index (Phi) is 4.47. The molecule has 0 aliphatic heterocycles. The van der Waals surface area contributed by atoms with Crippen LogP contribution >= 0.6 is 15.9 Å². The Labute approximate surface area is 97.1 Å². The molecule has 1 aromatic heterocycles. The first-order chi connectivity index (χ1) is 7.00. The molecule has 0 aliphatic carbocycles. The molecule has 0 spiro atoms. The Morgan fingerprint density at radius 3 is 2.87 bits per heavy atom. The van der Waals surface area contributed by atoms with Gasteiger partial charge in [0.2, 0.25) is 0 Å². The van der Waals surface area contributed by atoms with Crippen molar-refractivity contribution in [3.63, 3.8) is 0 Å². The second-order valence-electron chi connectivity index (χ2n) is 3.52. The number of anilines is 1. The van der Waals surface area contributed by atoms with E-state index in [1.165, 1.54) is 6.07 Å². The van der Waals surface area contributed by atoms with Gasteiger partial charge in [-0.05, 0) is 35.3 Å². The van der Waals surface area contributed by atoms with Gasteiger partial charge < -0.3 is 10.0 Å². The van der Waals surface area contributed by atoms with Crippen molar-refractivity contribution in [2.24, 2.45) is 0 Å². The smallest absolute Gasteiger partial charge is 0.166 e. The van der Waals surface area contributed by atoms with Crippen LogP contribution < -0.4 is 4.90 Å². The standard InChI is InChI=1S/C10H14BrFN2O/c1-7(15)3-4-14(2)10-9(12)5-8(11)6-13-10/h5-7,15H,3-4H2,1-2H3. The molecule has 0 fully saturated rings. The predicted molar refractivity (Wildman–Crippen MR) is 61.5 cm³/mol. The highest BCUT2D eigenvalue weighted by Crippen LogP contribution is 2.19. The summed E-state index contributed by atoms with van der Waals surface area (Å²) in [7, 11) is 1.75. The van der Waals surface area contributed by atoms with Crippen LogP contribution in [0.4, 0.5) is 10.2 Å². The molecular formula is C10H14BrFN2O. The molecule has 0 amide bonds. The number of aliphatic hydroxyl groups is 1. The van der Waals surface area contributed by atoms with E-state index in [0.717, 1.165) is 0 Å². The van der Waals surface area contributed by atoms with E-state index in [1.54, 1.807) is 25.1 Å². The fourth-order valence-corrected chi connectivity index (χ4v) is 1.48. The lowest BCUT2D eigenvalue weighted by Crippen LogP contribution is -2.23. The zero-order chi connectivity index (χ0) is 11.4. The molecule has 0 radical (unpaired) electrons. The van der Waals surface area contributed by atoms with Crippen LogP contribution in [0.1, 0.15) is 13.3 Å². The maximum atomic E-state index is 13.4. The summed E-state index contributed by atoms with van der Waals surface area (Å²) in [4.78, 5) is 5.67. The monoisotopic (exact) mass is 276 g/mol. The van der Waals surface area contributed by atoms with Crippen LogP contribution in [-0.2, 0) is 0 Å². The number of nitrogens with zero attached hydrogens (tertiary/aromatic N) is 2. The summed E-state index contributed by atoms with van der Waals surface area (Å²) >= 11 is 3.15. The quantitative estimate of drug-likeness (QED) is 0.916. The van der Waals surface area contributed by atoms with Gasteiger partial charge in [0.15, 0.2) is 11.6 Å². The summed E-state index contributed by atoms with van der Waals surface area (Å²) in [6.07, 6.45) is 1.76. The third-order valence-electron chi connectivity index (χ3n) is 2.03. The van der Waals surface area contributed by atoms with Crippen LogP contribution in [0.5, 0.6) is 0 Å². The molecule has 0 saturated carbocycles. The first kappa shape index (κ1) is 12.4. The lowest BCUT2D eigenvalue weighted by Gasteiger charge is -2.19. The SMILES string of the molecule is CC(O)CCN(C)c1ncc(Br)cc1F. The van der Waals surface area contributed by atoms with Crippen LogP contribution in [0.25, 0.3) is 0 Å². The molecule has 3 nitrogen and oxygen atoms in total. The van der Waals surface area contributed by atoms with Gasteiger partial charge in [0.1, 0.15) is 0 Å². The van der Waals surface area contributed by atoms with E-state index in [9.17, 15) is 4.39 Å². The Balaban J connectivity index is 2.69. The van der Waals surface area contributed by atoms with E-state index >= 15 is 0 Å². The summed E-state index contributed by atoms with van der Waals surface area (Å²) in [6.45, 7) is 2.28. The molecule has 1 rings (SSSR count). The summed E-state index contributed by atoms with van der Waals surface area (Å²) in [5.41, 5.74) is 0. The molecule has 0 bridgehead atoms. The van der Waals surface area contributed by atoms with E-state index in [-0.39, 0.29) is 11.9 Å². The highest BCUT2D eigenvalue weighted by molar-refractivity contribution is 9.10. The number of halogens is 2. The molecule has 5 heteroatoms. The van der Waals surface area contributed by atoms with Gasteiger partial charge in [0.25, 0.3) is 0 Å². The molecule has 0 aliphatic rings. The van der Waals surface area contributed by atoms with E-state index < -0.39 is 0 Å². The molecule has 0 saturated heterocycles. The van der Waals surface area contributed by atoms with Crippen molar-refractivity contribution in [3.05, 3.63) is 22.6 Å². The first-order valence-electron chi connectivity index (χ1n) is 4.71. The van der Waals surface area contributed by atoms with Crippen LogP contribution in [-0.4, -0.2) is 29.8 Å². The number of hydrogen-bond donors (Lipinski definition) is 1. The summed E-state index contributed by atoms with van der Waals surface area (Å²) in [5.74, 6) is -0.0590. The van der Waals surface area contributed by atoms with Crippen molar-refractivity contribution in [1.82, 2.24) is 4.98 Å². The summed E-state index contributed by atoms with van der Waals surface area (Å²) in [6, 6.07) is 1.38. The zero-order valence-electron chi connectivity index (χ0n) is 8.74. The normalized spacial score (nSPS) is 12.6. The van der Waals surface area contributed by atoms with Gasteiger partial charge in [-0.2, -0.15) is 0 Å². The maximum Gasteiger partial charge on any atom is 0.166 e. The van der Waals surface area contributed by atoms with Crippen molar-refractivity contribution in [2.45, 2.75) is 19.4 Å². The number of rotatable bonds is 4. The van der Waals surface area contributed by atoms with Crippen LogP contribution in [0.15, 0.2) is 16.7 Å². The Morgan fingerprint density at radius 2 is 2.33 bits per heavy atom. The topological polar surface area (TPSA) is 36.4 Å². The lowest BCUT2D eigenvalue weighted by atomic mass is 10.3. The Morgan fingerprint density at radius 1 is 1.67 bits per heavy atom. The lowest BCUT2D eigenvalue weighted by molar-refractivity contribution is 0.186. The van der Waals surface area contributed by atoms with Gasteiger partial charge in [-0.25, -0.2) is 9.37 Å². The van der Waals surface area contributed by atoms with Gasteiger partial charge in [-0.1, -0.05) is 0 Å². The number of pyridine rings is 1. The average molecular weight is 277 g/mol. The van der Waals surface area contributed by atoms with Gasteiger partial charge >= 0.3 is 0 Å². The highest BCUT2D eigenvalue weighted by atomic mass is 79.9. The number of hydrogen-bond acceptors (Lipinski definition) is 3. The third kappa shape index (κ3) is 3.76. The van der Waals surface area contributed by atoms with Crippen molar-refractivity contribution in [3.8, 4) is 0 Å². The predicted octanol–water partition coefficient (Wildman–Crippen LogP) is 2.19. The first-order valence-corrected chi connectivity index (χ1v) is 5.50. The van der Waals surface area contributed by atoms with Gasteiger partial charge in [-0.3, -0.25) is 0 Å². The minimum absolute atomic E-state index is 0.304. The van der Waals surface area contributed by atoms with Crippen LogP contribution in [0.2, 0.25) is 0 Å². The average Bonchev–Trinajstić information content (AvgIpc) is 2.14. The molecule has 1 heterocycles. The molecule has 84 valence electrons. The molecule has 1 unspecified atom stereocenters. The van der Waals surface area contributed by atoms with Crippen molar-refractivity contribution >= 4 is 21.7 Å². The molecule has 15 heavy (non-hydrogen) atoms. The Bertz CT molecular complexity index is 333. The minimum atomic E-state index is -0.383. The molecular weight excluding hydrogens is 263 g/mol. The van der Waals surface area contributed by atoms with Gasteiger partial charge in [0, 0.05) is 24.3 Å². The molecule has 1 aromatic rings. The van der Waals surface area contributed by atoms with Gasteiger partial charge in [-0.15, -0.1) is 0 Å². The number of aromatic nitrogens is 1. The van der Waals surface area contributed by atoms with Crippen molar-refractivity contribution < 1.29 is 9.50 Å². The zero-order valence-corrected chi connectivity index (χ0v) is 10.3. The minimum Gasteiger partial charge on any atom is -0.393 e. The van der Waals surface area contributed by atoms with Gasteiger partial charge in [0.05, 0.1) is 6.10 Å². The second-order valence-corrected chi connectivity index (χ2v) is 4.43. The fourth-order valence-electron chi connectivity index (χ4n) is 1.17. The maximum absolute atomic E-state index is 13.4. The second kappa shape index (κ2) is 5.42. The van der Waals surface area contributed by atoms with Crippen LogP contribution in [0.3, 0.4) is 0 Å². The third-order valence-corrected chi connectivity index (χ3v) is 2.47. The Hall–Kier alpha value is -0.680. The molecule has 0 aromatic carbocycles. The van der Waals surface area contributed by atoms with E-state index in [0.29, 0.717) is 23.3 Å². The van der Waals surface area contributed by atoms with Crippen molar-refractivity contribution in [1.29, 1.82) is 0 Å². The fraction of sp³-hybridized carbons (Fsp3) is 0.500. The number of aliphatic hydroxyl groups excluding tert-OH is 1. The molecule has 1 N–H and O–H groups in total. The molecule has 1 atom stereocenters. The van der Waals surface area contributed by atoms with E-state index in [1.807, 2.05) is 0 Å². The largest absolute Gasteiger partial charge is 0.393 e. The summed E-state index contributed by atoms with van der Waals surface area (Å²) in [5, 5.41) is 9.11.